The van der Waals surface area contributed by atoms with Crippen molar-refractivity contribution in [2.24, 2.45) is 23.3 Å². The number of nitrogens with one attached hydrogen (secondary N) is 2. The highest BCUT2D eigenvalue weighted by molar-refractivity contribution is 7.99. The fourth-order valence-electron chi connectivity index (χ4n) is 4.39. The number of guanidine groups is 1. The van der Waals surface area contributed by atoms with Gasteiger partial charge in [0, 0.05) is 36.0 Å². The van der Waals surface area contributed by atoms with Crippen LogP contribution in [0.2, 0.25) is 0 Å². The number of nitrogens with two attached hydrogens (primary N) is 2. The van der Waals surface area contributed by atoms with Crippen LogP contribution in [0.25, 0.3) is 0 Å². The van der Waals surface area contributed by atoms with Crippen molar-refractivity contribution in [1.82, 2.24) is 5.32 Å². The fourth-order valence-corrected chi connectivity index (χ4v) is 5.23. The molecule has 0 radical (unpaired) electrons. The highest BCUT2D eigenvalue weighted by Crippen LogP contribution is 2.36. The maximum Gasteiger partial charge on any atom is 0.330 e. The van der Waals surface area contributed by atoms with Crippen LogP contribution in [0, 0.1) is 23.1 Å². The molecular formula is C28H41FN4O6S. The molecule has 0 saturated heterocycles. The van der Waals surface area contributed by atoms with Crippen molar-refractivity contribution in [3.63, 3.8) is 0 Å². The van der Waals surface area contributed by atoms with Gasteiger partial charge in [-0.05, 0) is 50.2 Å². The molecule has 9 N–H and O–H groups in total. The first kappa shape index (κ1) is 33.4. The molecule has 0 aromatic heterocycles. The molecule has 40 heavy (non-hydrogen) atoms. The lowest BCUT2D eigenvalue weighted by molar-refractivity contribution is -0.160. The van der Waals surface area contributed by atoms with Gasteiger partial charge >= 0.3 is 11.9 Å². The summed E-state index contributed by atoms with van der Waals surface area (Å²) < 4.78 is 18.5. The number of allylic oxidation sites excluding steroid dienone is 2. The summed E-state index contributed by atoms with van der Waals surface area (Å²) in [6.07, 6.45) is 7.40. The monoisotopic (exact) mass is 580 g/mol. The van der Waals surface area contributed by atoms with Gasteiger partial charge in [0.05, 0.1) is 18.3 Å². The Balaban J connectivity index is 1.69. The van der Waals surface area contributed by atoms with E-state index in [1.807, 2.05) is 12.2 Å². The molecule has 1 saturated carbocycles. The van der Waals surface area contributed by atoms with Crippen molar-refractivity contribution < 1.29 is 34.0 Å². The Kier molecular flexibility index (Phi) is 14.9. The van der Waals surface area contributed by atoms with Gasteiger partial charge in [0.1, 0.15) is 11.9 Å². The molecule has 12 heteroatoms. The molecule has 2 rings (SSSR count). The molecule has 0 unspecified atom stereocenters. The first-order valence-corrected chi connectivity index (χ1v) is 14.4. The summed E-state index contributed by atoms with van der Waals surface area (Å²) >= 11 is 1.20. The minimum absolute atomic E-state index is 0.0492. The van der Waals surface area contributed by atoms with E-state index in [0.29, 0.717) is 43.5 Å². The van der Waals surface area contributed by atoms with Crippen molar-refractivity contribution in [2.45, 2.75) is 74.2 Å². The van der Waals surface area contributed by atoms with Crippen molar-refractivity contribution in [3.8, 4) is 0 Å². The zero-order valence-corrected chi connectivity index (χ0v) is 23.3. The van der Waals surface area contributed by atoms with Crippen molar-refractivity contribution >= 4 is 29.7 Å². The van der Waals surface area contributed by atoms with Crippen LogP contribution in [0.1, 0.15) is 44.9 Å². The second-order valence-electron chi connectivity index (χ2n) is 9.79. The number of benzene rings is 1. The maximum absolute atomic E-state index is 13.8. The lowest BCUT2D eigenvalue weighted by atomic mass is 9.89. The number of carbonyl (C=O) groups excluding carboxylic acids is 2. The normalized spacial score (nSPS) is 22.4. The van der Waals surface area contributed by atoms with E-state index in [1.165, 1.54) is 17.8 Å². The highest BCUT2D eigenvalue weighted by atomic mass is 32.2. The summed E-state index contributed by atoms with van der Waals surface area (Å²) in [4.78, 5) is 24.3. The molecule has 0 spiro atoms. The molecule has 1 aromatic carbocycles. The molecule has 0 heterocycles. The summed E-state index contributed by atoms with van der Waals surface area (Å²) in [7, 11) is 0. The number of hydrogen-bond acceptors (Lipinski definition) is 9. The standard InChI is InChI=1S/C28H41FN4O6S/c29-21-9-5-6-11-25(21)40-17-18(34)13-14-20-19(23(35)16-24(20)36)8-3-1-2-4-12-26(37)39-27(38)22(30)10-7-15-33-28(31)32/h1,3,5-6,9,11,13-14,18-20,22-24,34-36H,2,4,7-8,10,12,15-17,30H2,(H4,31,32,33)/b3-1-,14-13+/t18-,19-,20-,22+,23+,24-/m1/s1. The molecule has 1 fully saturated rings. The SMILES string of the molecule is N=C(N)NCCC[C@H](N)C(=O)OC(=O)CCC/C=C\C[C@@H]1[C@@H](/C=C/[C@@H](O)CSc2ccccc2F)[C@H](O)C[C@@H]1O. The fraction of sp³-hybridized carbons (Fsp3) is 0.536. The topological polar surface area (TPSA) is 192 Å². The zero-order chi connectivity index (χ0) is 29.5. The first-order chi connectivity index (χ1) is 19.1. The van der Waals surface area contributed by atoms with Gasteiger partial charge in [0.25, 0.3) is 0 Å². The summed E-state index contributed by atoms with van der Waals surface area (Å²) in [6.45, 7) is 0.392. The van der Waals surface area contributed by atoms with Crippen LogP contribution in [-0.2, 0) is 14.3 Å². The number of hydrogen-bond donors (Lipinski definition) is 7. The largest absolute Gasteiger partial charge is 0.393 e. The summed E-state index contributed by atoms with van der Waals surface area (Å²) in [5, 5.41) is 40.8. The number of carbonyl (C=O) groups is 2. The zero-order valence-electron chi connectivity index (χ0n) is 22.5. The third kappa shape index (κ3) is 12.2. The molecule has 1 aliphatic carbocycles. The van der Waals surface area contributed by atoms with Gasteiger partial charge in [0.2, 0.25) is 0 Å². The lowest BCUT2D eigenvalue weighted by Crippen LogP contribution is -2.36. The van der Waals surface area contributed by atoms with Crippen LogP contribution in [0.4, 0.5) is 4.39 Å². The predicted octanol–water partition coefficient (Wildman–Crippen LogP) is 1.97. The number of aliphatic hydroxyl groups is 3. The lowest BCUT2D eigenvalue weighted by Gasteiger charge is -2.19. The van der Waals surface area contributed by atoms with E-state index < -0.39 is 36.3 Å². The molecule has 0 aliphatic heterocycles. The van der Waals surface area contributed by atoms with Gasteiger partial charge in [-0.25, -0.2) is 9.18 Å². The molecule has 1 aromatic rings. The van der Waals surface area contributed by atoms with Gasteiger partial charge in [-0.1, -0.05) is 36.4 Å². The minimum Gasteiger partial charge on any atom is -0.393 e. The van der Waals surface area contributed by atoms with Crippen LogP contribution < -0.4 is 16.8 Å². The predicted molar refractivity (Wildman–Crippen MR) is 152 cm³/mol. The van der Waals surface area contributed by atoms with Gasteiger partial charge in [-0.3, -0.25) is 10.2 Å². The third-order valence-corrected chi connectivity index (χ3v) is 7.72. The average Bonchev–Trinajstić information content (AvgIpc) is 3.17. The van der Waals surface area contributed by atoms with Crippen LogP contribution in [0.5, 0.6) is 0 Å². The molecule has 0 bridgehead atoms. The van der Waals surface area contributed by atoms with E-state index in [2.05, 4.69) is 5.32 Å². The maximum atomic E-state index is 13.8. The first-order valence-electron chi connectivity index (χ1n) is 13.4. The third-order valence-electron chi connectivity index (χ3n) is 6.57. The Morgan fingerprint density at radius 1 is 1.23 bits per heavy atom. The van der Waals surface area contributed by atoms with Crippen molar-refractivity contribution in [2.75, 3.05) is 12.3 Å². The van der Waals surface area contributed by atoms with Crippen LogP contribution in [0.3, 0.4) is 0 Å². The van der Waals surface area contributed by atoms with Gasteiger partial charge in [0.15, 0.2) is 5.96 Å². The molecule has 222 valence electrons. The minimum atomic E-state index is -0.931. The second-order valence-corrected chi connectivity index (χ2v) is 10.8. The van der Waals surface area contributed by atoms with E-state index in [9.17, 15) is 29.3 Å². The van der Waals surface area contributed by atoms with Crippen LogP contribution in [-0.4, -0.2) is 69.9 Å². The average molecular weight is 581 g/mol. The number of unbranched alkanes of at least 4 members (excludes halogenated alkanes) is 1. The summed E-state index contributed by atoms with van der Waals surface area (Å²) in [6, 6.07) is 5.41. The highest BCUT2D eigenvalue weighted by Gasteiger charge is 2.39. The number of halogens is 1. The summed E-state index contributed by atoms with van der Waals surface area (Å²) in [5.41, 5.74) is 10.9. The summed E-state index contributed by atoms with van der Waals surface area (Å²) in [5.74, 6) is -2.26. The molecular weight excluding hydrogens is 539 g/mol. The van der Waals surface area contributed by atoms with E-state index in [0.717, 1.165) is 0 Å². The van der Waals surface area contributed by atoms with E-state index in [4.69, 9.17) is 21.6 Å². The Bertz CT molecular complexity index is 1030. The van der Waals surface area contributed by atoms with E-state index in [1.54, 1.807) is 30.4 Å². The van der Waals surface area contributed by atoms with Crippen molar-refractivity contribution in [3.05, 3.63) is 54.4 Å². The Morgan fingerprint density at radius 2 is 1.98 bits per heavy atom. The number of thioether (sulfide) groups is 1. The van der Waals surface area contributed by atoms with Crippen molar-refractivity contribution in [1.29, 1.82) is 5.41 Å². The Hall–Kier alpha value is -2.77. The van der Waals surface area contributed by atoms with Crippen LogP contribution in [0.15, 0.2) is 53.5 Å². The smallest absolute Gasteiger partial charge is 0.330 e. The number of aliphatic hydroxyl groups excluding tert-OH is 3. The molecule has 0 amide bonds. The molecule has 6 atom stereocenters. The number of esters is 2. The van der Waals surface area contributed by atoms with Gasteiger partial charge in [-0.15, -0.1) is 11.8 Å². The quantitative estimate of drug-likeness (QED) is 0.0289. The number of ether oxygens (including phenoxy) is 1. The van der Waals surface area contributed by atoms with E-state index in [-0.39, 0.29) is 42.2 Å². The van der Waals surface area contributed by atoms with Gasteiger partial charge < -0.3 is 36.8 Å². The molecule has 1 aliphatic rings. The second kappa shape index (κ2) is 17.8. The molecule has 10 nitrogen and oxygen atoms in total. The van der Waals surface area contributed by atoms with E-state index >= 15 is 0 Å². The number of rotatable bonds is 16. The van der Waals surface area contributed by atoms with Crippen LogP contribution >= 0.6 is 11.8 Å². The van der Waals surface area contributed by atoms with Gasteiger partial charge in [-0.2, -0.15) is 0 Å². The Morgan fingerprint density at radius 3 is 2.70 bits per heavy atom. The Labute approximate surface area is 238 Å².